The van der Waals surface area contributed by atoms with Gasteiger partial charge in [-0.15, -0.1) is 0 Å². The number of likely N-dealkylation sites (tertiary alicyclic amines) is 1. The molecule has 0 atom stereocenters. The maximum Gasteiger partial charge on any atom is 0.321 e. The zero-order valence-corrected chi connectivity index (χ0v) is 18.0. The fourth-order valence-corrected chi connectivity index (χ4v) is 4.67. The molecule has 0 radical (unpaired) electrons. The summed E-state index contributed by atoms with van der Waals surface area (Å²) in [5.41, 5.74) is 0.523. The molecule has 162 valence electrons. The van der Waals surface area contributed by atoms with Crippen molar-refractivity contribution in [3.8, 4) is 5.75 Å². The third kappa shape index (κ3) is 5.62. The first-order valence-corrected chi connectivity index (χ1v) is 11.3. The minimum Gasteiger partial charge on any atom is -0.495 e. The molecule has 0 bridgehead atoms. The number of piperidine rings is 1. The van der Waals surface area contributed by atoms with Crippen LogP contribution in [0.25, 0.3) is 0 Å². The van der Waals surface area contributed by atoms with Gasteiger partial charge in [0.1, 0.15) is 11.6 Å². The Bertz CT molecular complexity index is 994. The van der Waals surface area contributed by atoms with Crippen molar-refractivity contribution in [2.45, 2.75) is 17.7 Å². The summed E-state index contributed by atoms with van der Waals surface area (Å²) in [6.07, 6.45) is 1.34. The predicted octanol–water partition coefficient (Wildman–Crippen LogP) is 3.71. The van der Waals surface area contributed by atoms with Crippen LogP contribution in [0.5, 0.6) is 5.75 Å². The number of hydrogen-bond acceptors (Lipinski definition) is 4. The summed E-state index contributed by atoms with van der Waals surface area (Å²) in [6.45, 7) is 1.29. The number of benzene rings is 2. The van der Waals surface area contributed by atoms with E-state index in [-0.39, 0.29) is 34.2 Å². The van der Waals surface area contributed by atoms with Crippen molar-refractivity contribution in [3.63, 3.8) is 0 Å². The van der Waals surface area contributed by atoms with E-state index in [1.807, 2.05) is 0 Å². The van der Waals surface area contributed by atoms with Crippen LogP contribution >= 0.6 is 11.6 Å². The number of methoxy groups -OCH3 is 1. The third-order valence-electron chi connectivity index (χ3n) is 4.99. The number of amides is 2. The molecule has 0 aliphatic carbocycles. The SMILES string of the molecule is COc1ccc(S(=O)(=O)NCC2CCN(C(=O)Nc3ccc(F)cc3)CC2)cc1Cl. The lowest BCUT2D eigenvalue weighted by Crippen LogP contribution is -2.43. The number of nitrogens with one attached hydrogen (secondary N) is 2. The molecular formula is C20H23ClFN3O4S. The van der Waals surface area contributed by atoms with Gasteiger partial charge in [-0.05, 0) is 61.2 Å². The molecule has 0 saturated carbocycles. The molecule has 2 aromatic rings. The van der Waals surface area contributed by atoms with E-state index >= 15 is 0 Å². The van der Waals surface area contributed by atoms with Gasteiger partial charge in [0.05, 0.1) is 17.0 Å². The van der Waals surface area contributed by atoms with E-state index in [0.717, 1.165) is 0 Å². The second-order valence-corrected chi connectivity index (χ2v) is 9.19. The van der Waals surface area contributed by atoms with Crippen LogP contribution in [0.15, 0.2) is 47.4 Å². The van der Waals surface area contributed by atoms with Crippen LogP contribution in [0.2, 0.25) is 5.02 Å². The van der Waals surface area contributed by atoms with E-state index in [1.165, 1.54) is 49.6 Å². The summed E-state index contributed by atoms with van der Waals surface area (Å²) in [6, 6.07) is 9.61. The Kier molecular flexibility index (Phi) is 7.17. The van der Waals surface area contributed by atoms with E-state index in [1.54, 1.807) is 4.90 Å². The van der Waals surface area contributed by atoms with Crippen molar-refractivity contribution in [1.82, 2.24) is 9.62 Å². The van der Waals surface area contributed by atoms with Crippen molar-refractivity contribution in [2.24, 2.45) is 5.92 Å². The lowest BCUT2D eigenvalue weighted by atomic mass is 9.97. The van der Waals surface area contributed by atoms with Gasteiger partial charge in [-0.25, -0.2) is 22.3 Å². The summed E-state index contributed by atoms with van der Waals surface area (Å²) in [7, 11) is -2.24. The standard InChI is InChI=1S/C20H23ClFN3O4S/c1-29-19-7-6-17(12-18(19)21)30(27,28)23-13-14-8-10-25(11-9-14)20(26)24-16-4-2-15(22)3-5-16/h2-7,12,14,23H,8-11,13H2,1H3,(H,24,26). The Balaban J connectivity index is 1.49. The Hall–Kier alpha value is -2.36. The van der Waals surface area contributed by atoms with Gasteiger partial charge in [0.15, 0.2) is 0 Å². The maximum absolute atomic E-state index is 13.0. The molecule has 0 aromatic heterocycles. The number of rotatable bonds is 6. The molecule has 1 aliphatic heterocycles. The van der Waals surface area contributed by atoms with Gasteiger partial charge in [-0.2, -0.15) is 0 Å². The summed E-state index contributed by atoms with van der Waals surface area (Å²) < 4.78 is 45.6. The Morgan fingerprint density at radius 3 is 2.47 bits per heavy atom. The lowest BCUT2D eigenvalue weighted by molar-refractivity contribution is 0.183. The lowest BCUT2D eigenvalue weighted by Gasteiger charge is -2.32. The number of nitrogens with zero attached hydrogens (tertiary/aromatic N) is 1. The second kappa shape index (κ2) is 9.63. The highest BCUT2D eigenvalue weighted by atomic mass is 35.5. The number of ether oxygens (including phenoxy) is 1. The molecule has 1 fully saturated rings. The smallest absolute Gasteiger partial charge is 0.321 e. The van der Waals surface area contributed by atoms with Crippen LogP contribution in [0.4, 0.5) is 14.9 Å². The largest absolute Gasteiger partial charge is 0.495 e. The van der Waals surface area contributed by atoms with Crippen LogP contribution in [0.1, 0.15) is 12.8 Å². The quantitative estimate of drug-likeness (QED) is 0.695. The molecule has 2 aromatic carbocycles. The number of anilines is 1. The molecule has 7 nitrogen and oxygen atoms in total. The van der Waals surface area contributed by atoms with Crippen molar-refractivity contribution < 1.29 is 22.3 Å². The molecule has 2 N–H and O–H groups in total. The maximum atomic E-state index is 13.0. The van der Waals surface area contributed by atoms with Crippen molar-refractivity contribution in [3.05, 3.63) is 53.3 Å². The van der Waals surface area contributed by atoms with Crippen LogP contribution in [-0.2, 0) is 10.0 Å². The van der Waals surface area contributed by atoms with Crippen molar-refractivity contribution in [1.29, 1.82) is 0 Å². The first-order chi connectivity index (χ1) is 14.3. The van der Waals surface area contributed by atoms with Crippen LogP contribution in [0, 0.1) is 11.7 Å². The monoisotopic (exact) mass is 455 g/mol. The topological polar surface area (TPSA) is 87.7 Å². The number of halogens is 2. The molecule has 10 heteroatoms. The zero-order chi connectivity index (χ0) is 21.7. The number of carbonyl (C=O) groups excluding carboxylic acids is 1. The number of hydrogen-bond donors (Lipinski definition) is 2. The zero-order valence-electron chi connectivity index (χ0n) is 16.4. The molecule has 1 heterocycles. The molecule has 0 spiro atoms. The minimum atomic E-state index is -3.69. The average molecular weight is 456 g/mol. The van der Waals surface area contributed by atoms with Gasteiger partial charge in [-0.3, -0.25) is 0 Å². The molecule has 1 aliphatic rings. The van der Waals surface area contributed by atoms with Gasteiger partial charge >= 0.3 is 6.03 Å². The summed E-state index contributed by atoms with van der Waals surface area (Å²) in [5, 5.41) is 2.96. The average Bonchev–Trinajstić information content (AvgIpc) is 2.74. The molecule has 1 saturated heterocycles. The van der Waals surface area contributed by atoms with Crippen LogP contribution < -0.4 is 14.8 Å². The van der Waals surface area contributed by atoms with Gasteiger partial charge in [0, 0.05) is 25.3 Å². The number of carbonyl (C=O) groups is 1. The van der Waals surface area contributed by atoms with Gasteiger partial charge in [-0.1, -0.05) is 11.6 Å². The molecule has 30 heavy (non-hydrogen) atoms. The molecule has 0 unspecified atom stereocenters. The predicted molar refractivity (Wildman–Crippen MR) is 113 cm³/mol. The van der Waals surface area contributed by atoms with Crippen molar-refractivity contribution in [2.75, 3.05) is 32.1 Å². The fraction of sp³-hybridized carbons (Fsp3) is 0.350. The highest BCUT2D eigenvalue weighted by Crippen LogP contribution is 2.27. The van der Waals surface area contributed by atoms with E-state index in [4.69, 9.17) is 16.3 Å². The summed E-state index contributed by atoms with van der Waals surface area (Å²) >= 11 is 6.02. The summed E-state index contributed by atoms with van der Waals surface area (Å²) in [5.74, 6) is 0.151. The molecular weight excluding hydrogens is 433 g/mol. The van der Waals surface area contributed by atoms with E-state index < -0.39 is 10.0 Å². The van der Waals surface area contributed by atoms with E-state index in [9.17, 15) is 17.6 Å². The van der Waals surface area contributed by atoms with Crippen LogP contribution in [-0.4, -0.2) is 46.1 Å². The first kappa shape index (κ1) is 22.3. The third-order valence-corrected chi connectivity index (χ3v) is 6.71. The Morgan fingerprint density at radius 1 is 1.20 bits per heavy atom. The first-order valence-electron chi connectivity index (χ1n) is 9.43. The van der Waals surface area contributed by atoms with Gasteiger partial charge < -0.3 is 15.0 Å². The number of sulfonamides is 1. The number of urea groups is 1. The molecule has 3 rings (SSSR count). The summed E-state index contributed by atoms with van der Waals surface area (Å²) in [4.78, 5) is 14.1. The fourth-order valence-electron chi connectivity index (χ4n) is 3.20. The molecule has 2 amide bonds. The Labute approximate surface area is 180 Å². The Morgan fingerprint density at radius 2 is 1.87 bits per heavy atom. The highest BCUT2D eigenvalue weighted by Gasteiger charge is 2.25. The van der Waals surface area contributed by atoms with E-state index in [2.05, 4.69) is 10.0 Å². The van der Waals surface area contributed by atoms with Gasteiger partial charge in [0.25, 0.3) is 0 Å². The normalized spacial score (nSPS) is 15.1. The van der Waals surface area contributed by atoms with Crippen molar-refractivity contribution >= 4 is 33.3 Å². The second-order valence-electron chi connectivity index (χ2n) is 7.02. The van der Waals surface area contributed by atoms with E-state index in [0.29, 0.717) is 37.4 Å². The minimum absolute atomic E-state index is 0.0735. The van der Waals surface area contributed by atoms with Crippen LogP contribution in [0.3, 0.4) is 0 Å². The van der Waals surface area contributed by atoms with Gasteiger partial charge in [0.2, 0.25) is 10.0 Å². The highest BCUT2D eigenvalue weighted by molar-refractivity contribution is 7.89.